The van der Waals surface area contributed by atoms with Crippen molar-refractivity contribution in [2.24, 2.45) is 0 Å². The zero-order valence-corrected chi connectivity index (χ0v) is 12.0. The van der Waals surface area contributed by atoms with Crippen LogP contribution in [0.5, 0.6) is 5.75 Å². The first-order valence-corrected chi connectivity index (χ1v) is 6.86. The van der Waals surface area contributed by atoms with Crippen LogP contribution in [0.1, 0.15) is 36.5 Å². The Hall–Kier alpha value is -2.09. The van der Waals surface area contributed by atoms with Crippen LogP contribution in [0.25, 0.3) is 0 Å². The fourth-order valence-electron chi connectivity index (χ4n) is 2.55. The second-order valence-electron chi connectivity index (χ2n) is 5.45. The van der Waals surface area contributed by atoms with Gasteiger partial charge < -0.3 is 9.90 Å². The largest absolute Gasteiger partial charge is 0.508 e. The fourth-order valence-corrected chi connectivity index (χ4v) is 2.55. The lowest BCUT2D eigenvalue weighted by molar-refractivity contribution is -0.108. The predicted molar refractivity (Wildman–Crippen MR) is 81.0 cm³/mol. The Morgan fingerprint density at radius 3 is 2.00 bits per heavy atom. The molecule has 0 bridgehead atoms. The standard InChI is InChI=1S/C18H20O2/c1-14-4-6-15(7-5-14)18(2,12-3-13-19)16-8-10-17(20)11-9-16/h4-11,13,20H,3,12H2,1-2H3. The molecular formula is C18H20O2. The lowest BCUT2D eigenvalue weighted by atomic mass is 9.73. The molecule has 0 aliphatic rings. The molecule has 2 rings (SSSR count). The fraction of sp³-hybridized carbons (Fsp3) is 0.278. The normalized spacial score (nSPS) is 13.7. The van der Waals surface area contributed by atoms with E-state index in [2.05, 4.69) is 38.1 Å². The van der Waals surface area contributed by atoms with E-state index >= 15 is 0 Å². The summed E-state index contributed by atoms with van der Waals surface area (Å²) < 4.78 is 0. The van der Waals surface area contributed by atoms with E-state index in [1.54, 1.807) is 12.1 Å². The molecule has 1 N–H and O–H groups in total. The van der Waals surface area contributed by atoms with Gasteiger partial charge in [0.05, 0.1) is 0 Å². The van der Waals surface area contributed by atoms with Gasteiger partial charge in [-0.3, -0.25) is 0 Å². The molecule has 0 heterocycles. The van der Waals surface area contributed by atoms with E-state index in [4.69, 9.17) is 0 Å². The van der Waals surface area contributed by atoms with Crippen molar-refractivity contribution >= 4 is 6.29 Å². The lowest BCUT2D eigenvalue weighted by Crippen LogP contribution is -2.23. The number of phenolic OH excluding ortho intramolecular Hbond substituents is 1. The van der Waals surface area contributed by atoms with E-state index in [0.29, 0.717) is 6.42 Å². The van der Waals surface area contributed by atoms with Crippen molar-refractivity contribution in [3.05, 3.63) is 65.2 Å². The molecule has 1 unspecified atom stereocenters. The summed E-state index contributed by atoms with van der Waals surface area (Å²) in [7, 11) is 0. The Bertz CT molecular complexity index is 522. The van der Waals surface area contributed by atoms with Crippen molar-refractivity contribution in [3.63, 3.8) is 0 Å². The average Bonchev–Trinajstić information content (AvgIpc) is 2.46. The van der Waals surface area contributed by atoms with Gasteiger partial charge >= 0.3 is 0 Å². The van der Waals surface area contributed by atoms with Gasteiger partial charge in [0.25, 0.3) is 0 Å². The highest BCUT2D eigenvalue weighted by atomic mass is 16.3. The first-order chi connectivity index (χ1) is 9.56. The van der Waals surface area contributed by atoms with Crippen LogP contribution in [-0.4, -0.2) is 11.4 Å². The number of hydrogen-bond acceptors (Lipinski definition) is 2. The zero-order valence-electron chi connectivity index (χ0n) is 12.0. The van der Waals surface area contributed by atoms with Crippen LogP contribution < -0.4 is 0 Å². The number of hydrogen-bond donors (Lipinski definition) is 1. The maximum absolute atomic E-state index is 10.8. The molecule has 0 spiro atoms. The topological polar surface area (TPSA) is 37.3 Å². The number of phenols is 1. The van der Waals surface area contributed by atoms with Crippen LogP contribution in [0.4, 0.5) is 0 Å². The van der Waals surface area contributed by atoms with Crippen molar-refractivity contribution in [1.82, 2.24) is 0 Å². The van der Waals surface area contributed by atoms with Gasteiger partial charge in [0, 0.05) is 11.8 Å². The predicted octanol–water partition coefficient (Wildman–Crippen LogP) is 3.99. The van der Waals surface area contributed by atoms with Crippen LogP contribution in [0.15, 0.2) is 48.5 Å². The van der Waals surface area contributed by atoms with E-state index in [9.17, 15) is 9.90 Å². The second-order valence-corrected chi connectivity index (χ2v) is 5.45. The van der Waals surface area contributed by atoms with Crippen LogP contribution in [-0.2, 0) is 10.2 Å². The molecular weight excluding hydrogens is 248 g/mol. The SMILES string of the molecule is Cc1ccc(C(C)(CCC=O)c2ccc(O)cc2)cc1. The Morgan fingerprint density at radius 2 is 1.50 bits per heavy atom. The Labute approximate surface area is 120 Å². The average molecular weight is 268 g/mol. The van der Waals surface area contributed by atoms with E-state index in [-0.39, 0.29) is 11.2 Å². The minimum absolute atomic E-state index is 0.220. The minimum atomic E-state index is -0.220. The molecule has 2 aromatic rings. The van der Waals surface area contributed by atoms with Crippen molar-refractivity contribution in [2.45, 2.75) is 32.1 Å². The molecule has 0 fully saturated rings. The van der Waals surface area contributed by atoms with E-state index in [1.165, 1.54) is 11.1 Å². The quantitative estimate of drug-likeness (QED) is 0.833. The molecule has 0 aliphatic heterocycles. The number of aldehydes is 1. The maximum Gasteiger partial charge on any atom is 0.120 e. The van der Waals surface area contributed by atoms with Crippen LogP contribution in [0.2, 0.25) is 0 Å². The van der Waals surface area contributed by atoms with E-state index in [0.717, 1.165) is 18.3 Å². The summed E-state index contributed by atoms with van der Waals surface area (Å²) in [5, 5.41) is 9.45. The molecule has 2 heteroatoms. The maximum atomic E-state index is 10.8. The van der Waals surface area contributed by atoms with E-state index in [1.807, 2.05) is 12.1 Å². The molecule has 2 aromatic carbocycles. The summed E-state index contributed by atoms with van der Waals surface area (Å²) in [5.41, 5.74) is 3.30. The van der Waals surface area contributed by atoms with Gasteiger partial charge in [-0.1, -0.05) is 48.9 Å². The third-order valence-corrected chi connectivity index (χ3v) is 3.96. The first-order valence-electron chi connectivity index (χ1n) is 6.86. The zero-order chi connectivity index (χ0) is 14.6. The second kappa shape index (κ2) is 5.91. The molecule has 1 atom stereocenters. The number of rotatable bonds is 5. The highest BCUT2D eigenvalue weighted by Crippen LogP contribution is 2.36. The molecule has 0 saturated heterocycles. The number of carbonyl (C=O) groups excluding carboxylic acids is 1. The van der Waals surface area contributed by atoms with Gasteiger partial charge in [0.15, 0.2) is 0 Å². The summed E-state index contributed by atoms with van der Waals surface area (Å²) in [6, 6.07) is 15.7. The summed E-state index contributed by atoms with van der Waals surface area (Å²) >= 11 is 0. The smallest absolute Gasteiger partial charge is 0.120 e. The number of benzene rings is 2. The lowest BCUT2D eigenvalue weighted by Gasteiger charge is -2.30. The molecule has 0 saturated carbocycles. The van der Waals surface area contributed by atoms with Crippen molar-refractivity contribution in [3.8, 4) is 5.75 Å². The van der Waals surface area contributed by atoms with Gasteiger partial charge in [-0.2, -0.15) is 0 Å². The highest BCUT2D eigenvalue weighted by molar-refractivity contribution is 5.51. The van der Waals surface area contributed by atoms with Crippen molar-refractivity contribution < 1.29 is 9.90 Å². The number of carbonyl (C=O) groups is 1. The van der Waals surface area contributed by atoms with Crippen LogP contribution in [0.3, 0.4) is 0 Å². The van der Waals surface area contributed by atoms with Gasteiger partial charge in [0.1, 0.15) is 12.0 Å². The molecule has 104 valence electrons. The Morgan fingerprint density at radius 1 is 1.00 bits per heavy atom. The summed E-state index contributed by atoms with van der Waals surface area (Å²) in [6.07, 6.45) is 2.24. The third kappa shape index (κ3) is 2.90. The van der Waals surface area contributed by atoms with Crippen LogP contribution in [0, 0.1) is 6.92 Å². The summed E-state index contributed by atoms with van der Waals surface area (Å²) in [6.45, 7) is 4.21. The summed E-state index contributed by atoms with van der Waals surface area (Å²) in [5.74, 6) is 0.260. The van der Waals surface area contributed by atoms with Crippen LogP contribution >= 0.6 is 0 Å². The first kappa shape index (κ1) is 14.3. The number of aromatic hydroxyl groups is 1. The summed E-state index contributed by atoms with van der Waals surface area (Å²) in [4.78, 5) is 10.8. The molecule has 20 heavy (non-hydrogen) atoms. The van der Waals surface area contributed by atoms with Crippen molar-refractivity contribution in [2.75, 3.05) is 0 Å². The Balaban J connectivity index is 2.46. The highest BCUT2D eigenvalue weighted by Gasteiger charge is 2.28. The van der Waals surface area contributed by atoms with Gasteiger partial charge in [-0.15, -0.1) is 0 Å². The molecule has 0 amide bonds. The number of aryl methyl sites for hydroxylation is 1. The van der Waals surface area contributed by atoms with E-state index < -0.39 is 0 Å². The minimum Gasteiger partial charge on any atom is -0.508 e. The monoisotopic (exact) mass is 268 g/mol. The van der Waals surface area contributed by atoms with Crippen molar-refractivity contribution in [1.29, 1.82) is 0 Å². The Kier molecular flexibility index (Phi) is 4.23. The van der Waals surface area contributed by atoms with Gasteiger partial charge in [0.2, 0.25) is 0 Å². The molecule has 2 nitrogen and oxygen atoms in total. The van der Waals surface area contributed by atoms with Gasteiger partial charge in [-0.05, 0) is 36.6 Å². The molecule has 0 aliphatic carbocycles. The third-order valence-electron chi connectivity index (χ3n) is 3.96. The van der Waals surface area contributed by atoms with Gasteiger partial charge in [-0.25, -0.2) is 0 Å². The molecule has 0 radical (unpaired) electrons. The molecule has 0 aromatic heterocycles.